The Labute approximate surface area is 124 Å². The molecule has 2 aliphatic rings. The Bertz CT molecular complexity index is 503. The molecule has 2 N–H and O–H groups in total. The number of rotatable bonds is 2. The highest BCUT2D eigenvalue weighted by molar-refractivity contribution is 7.99. The van der Waals surface area contributed by atoms with Gasteiger partial charge in [-0.25, -0.2) is 0 Å². The predicted molar refractivity (Wildman–Crippen MR) is 82.9 cm³/mol. The maximum Gasteiger partial charge on any atom is 0.231 e. The fourth-order valence-corrected chi connectivity index (χ4v) is 4.56. The first-order valence-corrected chi connectivity index (χ1v) is 8.45. The quantitative estimate of drug-likeness (QED) is 0.910. The highest BCUT2D eigenvalue weighted by Gasteiger charge is 2.36. The number of fused-ring (bicyclic) bond motifs is 1. The van der Waals surface area contributed by atoms with E-state index in [4.69, 9.17) is 5.73 Å². The Balaban J connectivity index is 1.82. The lowest BCUT2D eigenvalue weighted by molar-refractivity contribution is -0.136. The van der Waals surface area contributed by atoms with Crippen LogP contribution < -0.4 is 5.73 Å². The van der Waals surface area contributed by atoms with Gasteiger partial charge in [-0.05, 0) is 37.8 Å². The van der Waals surface area contributed by atoms with Gasteiger partial charge in [0.15, 0.2) is 0 Å². The molecule has 1 amide bonds. The van der Waals surface area contributed by atoms with E-state index in [-0.39, 0.29) is 23.9 Å². The Morgan fingerprint density at radius 1 is 1.40 bits per heavy atom. The molecule has 2 aliphatic heterocycles. The molecule has 1 fully saturated rings. The average molecular weight is 290 g/mol. The van der Waals surface area contributed by atoms with Gasteiger partial charge in [0.2, 0.25) is 5.91 Å². The molecule has 0 aromatic heterocycles. The van der Waals surface area contributed by atoms with E-state index in [1.54, 1.807) is 11.8 Å². The van der Waals surface area contributed by atoms with E-state index in [1.165, 1.54) is 16.9 Å². The third-order valence-corrected chi connectivity index (χ3v) is 5.62. The fourth-order valence-electron chi connectivity index (χ4n) is 3.34. The molecule has 2 heterocycles. The summed E-state index contributed by atoms with van der Waals surface area (Å²) in [4.78, 5) is 16.3. The molecular weight excluding hydrogens is 268 g/mol. The van der Waals surface area contributed by atoms with Crippen molar-refractivity contribution in [1.29, 1.82) is 0 Å². The molecule has 1 aromatic rings. The van der Waals surface area contributed by atoms with Gasteiger partial charge in [0.1, 0.15) is 0 Å². The van der Waals surface area contributed by atoms with Crippen molar-refractivity contribution in [2.45, 2.75) is 49.1 Å². The molecular formula is C16H22N2OS. The zero-order valence-corrected chi connectivity index (χ0v) is 12.7. The fraction of sp³-hybridized carbons (Fsp3) is 0.562. The molecule has 3 atom stereocenters. The third kappa shape index (κ3) is 2.47. The topological polar surface area (TPSA) is 46.3 Å². The summed E-state index contributed by atoms with van der Waals surface area (Å²) < 4.78 is 0. The molecule has 4 heteroatoms. The molecule has 0 bridgehead atoms. The summed E-state index contributed by atoms with van der Waals surface area (Å²) in [6.45, 7) is 2.89. The van der Waals surface area contributed by atoms with E-state index in [2.05, 4.69) is 17.0 Å². The number of hydrogen-bond acceptors (Lipinski definition) is 3. The van der Waals surface area contributed by atoms with Crippen molar-refractivity contribution in [2.24, 2.45) is 5.73 Å². The van der Waals surface area contributed by atoms with Crippen LogP contribution in [0.15, 0.2) is 29.2 Å². The molecule has 0 radical (unpaired) electrons. The van der Waals surface area contributed by atoms with Crippen molar-refractivity contribution >= 4 is 17.7 Å². The summed E-state index contributed by atoms with van der Waals surface area (Å²) in [6, 6.07) is 8.57. The number of nitrogens with two attached hydrogens (primary N) is 1. The van der Waals surface area contributed by atoms with Crippen molar-refractivity contribution in [3.63, 3.8) is 0 Å². The summed E-state index contributed by atoms with van der Waals surface area (Å²) in [6.07, 6.45) is 3.34. The minimum Gasteiger partial charge on any atom is -0.338 e. The summed E-state index contributed by atoms with van der Waals surface area (Å²) in [7, 11) is 0. The Hall–Kier alpha value is -1.00. The minimum atomic E-state index is 0.0237. The van der Waals surface area contributed by atoms with Crippen LogP contribution in [0.4, 0.5) is 0 Å². The van der Waals surface area contributed by atoms with Crippen LogP contribution in [0.5, 0.6) is 0 Å². The van der Waals surface area contributed by atoms with E-state index in [0.717, 1.165) is 25.1 Å². The van der Waals surface area contributed by atoms with E-state index in [1.807, 2.05) is 19.1 Å². The highest BCUT2D eigenvalue weighted by atomic mass is 32.2. The van der Waals surface area contributed by atoms with Crippen molar-refractivity contribution in [3.05, 3.63) is 29.8 Å². The molecule has 1 aromatic carbocycles. The molecule has 0 aliphatic carbocycles. The van der Waals surface area contributed by atoms with Crippen LogP contribution in [0.3, 0.4) is 0 Å². The molecule has 3 rings (SSSR count). The molecule has 0 saturated carbocycles. The monoisotopic (exact) mass is 290 g/mol. The SMILES string of the molecule is CC(N)C1CCCCN1C(=O)C1CSc2ccccc21. The van der Waals surface area contributed by atoms with Gasteiger partial charge in [-0.1, -0.05) is 18.2 Å². The van der Waals surface area contributed by atoms with Crippen LogP contribution in [0.2, 0.25) is 0 Å². The Morgan fingerprint density at radius 3 is 3.00 bits per heavy atom. The van der Waals surface area contributed by atoms with Crippen molar-refractivity contribution in [2.75, 3.05) is 12.3 Å². The maximum absolute atomic E-state index is 12.9. The third-order valence-electron chi connectivity index (χ3n) is 4.44. The summed E-state index contributed by atoms with van der Waals surface area (Å²) in [5, 5.41) is 0. The van der Waals surface area contributed by atoms with Gasteiger partial charge in [0, 0.05) is 29.3 Å². The number of nitrogens with zero attached hydrogens (tertiary/aromatic N) is 1. The lowest BCUT2D eigenvalue weighted by Crippen LogP contribution is -2.53. The lowest BCUT2D eigenvalue weighted by atomic mass is 9.93. The number of carbonyl (C=O) groups excluding carboxylic acids is 1. The normalized spacial score (nSPS) is 27.2. The molecule has 3 nitrogen and oxygen atoms in total. The van der Waals surface area contributed by atoms with Crippen LogP contribution in [0.1, 0.15) is 37.7 Å². The van der Waals surface area contributed by atoms with Gasteiger partial charge in [0.25, 0.3) is 0 Å². The van der Waals surface area contributed by atoms with Crippen LogP contribution in [0, 0.1) is 0 Å². The first-order chi connectivity index (χ1) is 9.68. The van der Waals surface area contributed by atoms with Gasteiger partial charge in [-0.2, -0.15) is 0 Å². The summed E-state index contributed by atoms with van der Waals surface area (Å²) in [5.41, 5.74) is 7.29. The predicted octanol–water partition coefficient (Wildman–Crippen LogP) is 2.60. The standard InChI is InChI=1S/C16H22N2OS/c1-11(17)14-7-4-5-9-18(14)16(19)13-10-20-15-8-3-2-6-12(13)15/h2-3,6,8,11,13-14H,4-5,7,9-10,17H2,1H3. The first-order valence-electron chi connectivity index (χ1n) is 7.46. The minimum absolute atomic E-state index is 0.0237. The number of amides is 1. The van der Waals surface area contributed by atoms with Gasteiger partial charge < -0.3 is 10.6 Å². The zero-order valence-electron chi connectivity index (χ0n) is 11.9. The largest absolute Gasteiger partial charge is 0.338 e. The van der Waals surface area contributed by atoms with E-state index in [0.29, 0.717) is 0 Å². The van der Waals surface area contributed by atoms with E-state index in [9.17, 15) is 4.79 Å². The second-order valence-corrected chi connectivity index (χ2v) is 6.92. The second kappa shape index (κ2) is 5.78. The molecule has 1 saturated heterocycles. The van der Waals surface area contributed by atoms with Crippen LogP contribution in [0.25, 0.3) is 0 Å². The van der Waals surface area contributed by atoms with Gasteiger partial charge in [-0.3, -0.25) is 4.79 Å². The lowest BCUT2D eigenvalue weighted by Gasteiger charge is -2.39. The van der Waals surface area contributed by atoms with Gasteiger partial charge in [0.05, 0.1) is 5.92 Å². The van der Waals surface area contributed by atoms with E-state index >= 15 is 0 Å². The maximum atomic E-state index is 12.9. The molecule has 3 unspecified atom stereocenters. The second-order valence-electron chi connectivity index (χ2n) is 5.86. The number of likely N-dealkylation sites (tertiary alicyclic amines) is 1. The van der Waals surface area contributed by atoms with Crippen molar-refractivity contribution < 1.29 is 4.79 Å². The molecule has 108 valence electrons. The Kier molecular flexibility index (Phi) is 4.03. The molecule has 0 spiro atoms. The summed E-state index contributed by atoms with van der Waals surface area (Å²) in [5.74, 6) is 1.18. The Morgan fingerprint density at radius 2 is 2.20 bits per heavy atom. The van der Waals surface area contributed by atoms with Crippen LogP contribution >= 0.6 is 11.8 Å². The van der Waals surface area contributed by atoms with Gasteiger partial charge in [-0.15, -0.1) is 11.8 Å². The number of hydrogen-bond donors (Lipinski definition) is 1. The van der Waals surface area contributed by atoms with Gasteiger partial charge >= 0.3 is 0 Å². The summed E-state index contributed by atoms with van der Waals surface area (Å²) >= 11 is 1.80. The van der Waals surface area contributed by atoms with Crippen LogP contribution in [-0.4, -0.2) is 35.2 Å². The van der Waals surface area contributed by atoms with Crippen molar-refractivity contribution in [1.82, 2.24) is 4.90 Å². The van der Waals surface area contributed by atoms with Crippen LogP contribution in [-0.2, 0) is 4.79 Å². The number of benzene rings is 1. The zero-order chi connectivity index (χ0) is 14.1. The number of thioether (sulfide) groups is 1. The van der Waals surface area contributed by atoms with E-state index < -0.39 is 0 Å². The molecule has 20 heavy (non-hydrogen) atoms. The average Bonchev–Trinajstić information content (AvgIpc) is 2.90. The number of piperidine rings is 1. The smallest absolute Gasteiger partial charge is 0.231 e. The highest BCUT2D eigenvalue weighted by Crippen LogP contribution is 2.41. The first kappa shape index (κ1) is 14.0. The van der Waals surface area contributed by atoms with Crippen molar-refractivity contribution in [3.8, 4) is 0 Å². The number of carbonyl (C=O) groups is 1.